The van der Waals surface area contributed by atoms with Gasteiger partial charge in [-0.15, -0.1) is 11.3 Å². The lowest BCUT2D eigenvalue weighted by atomic mass is 10.5. The van der Waals surface area contributed by atoms with Crippen LogP contribution in [0.25, 0.3) is 4.91 Å². The molecule has 0 radical (unpaired) electrons. The number of rotatable bonds is 3. The van der Waals surface area contributed by atoms with Crippen LogP contribution in [0.3, 0.4) is 0 Å². The van der Waals surface area contributed by atoms with Gasteiger partial charge in [0.25, 0.3) is 0 Å². The molecule has 0 fully saturated rings. The third-order valence-corrected chi connectivity index (χ3v) is 4.47. The first kappa shape index (κ1) is 12.4. The van der Waals surface area contributed by atoms with E-state index in [0.29, 0.717) is 4.88 Å². The van der Waals surface area contributed by atoms with Gasteiger partial charge in [0.15, 0.2) is 19.7 Å². The molecular formula is C8H10O4S3. The highest BCUT2D eigenvalue weighted by atomic mass is 32.2. The first-order chi connectivity index (χ1) is 6.70. The molecule has 0 atom stereocenters. The van der Waals surface area contributed by atoms with E-state index in [2.05, 4.69) is 0 Å². The lowest BCUT2D eigenvalue weighted by Gasteiger charge is -2.01. The highest BCUT2D eigenvalue weighted by molar-refractivity contribution is 8.02. The second-order valence-corrected chi connectivity index (χ2v) is 7.89. The molecule has 4 nitrogen and oxygen atoms in total. The first-order valence-electron chi connectivity index (χ1n) is 3.86. The molecule has 0 spiro atoms. The molecule has 0 aromatic carbocycles. The van der Waals surface area contributed by atoms with Gasteiger partial charge in [0, 0.05) is 17.4 Å². The zero-order valence-corrected chi connectivity index (χ0v) is 10.6. The topological polar surface area (TPSA) is 68.3 Å². The van der Waals surface area contributed by atoms with Gasteiger partial charge in [-0.05, 0) is 11.4 Å². The van der Waals surface area contributed by atoms with E-state index in [-0.39, 0.29) is 4.91 Å². The monoisotopic (exact) mass is 266 g/mol. The minimum absolute atomic E-state index is 0.153. The smallest absolute Gasteiger partial charge is 0.177 e. The van der Waals surface area contributed by atoms with Crippen molar-refractivity contribution in [2.24, 2.45) is 0 Å². The van der Waals surface area contributed by atoms with Crippen LogP contribution < -0.4 is 0 Å². The molecule has 1 aromatic heterocycles. The second kappa shape index (κ2) is 4.07. The van der Waals surface area contributed by atoms with Crippen molar-refractivity contribution in [1.82, 2.24) is 0 Å². The summed E-state index contributed by atoms with van der Waals surface area (Å²) in [7, 11) is -7.00. The van der Waals surface area contributed by atoms with Crippen molar-refractivity contribution in [3.05, 3.63) is 27.8 Å². The van der Waals surface area contributed by atoms with Gasteiger partial charge in [0.05, 0.1) is 10.3 Å². The Balaban J connectivity index is 3.43. The Bertz CT molecular complexity index is 561. The summed E-state index contributed by atoms with van der Waals surface area (Å²) in [6, 6.07) is 3.24. The molecule has 1 rings (SSSR count). The molecule has 84 valence electrons. The third kappa shape index (κ3) is 3.77. The van der Waals surface area contributed by atoms with Crippen molar-refractivity contribution in [1.29, 1.82) is 0 Å². The molecule has 0 N–H and O–H groups in total. The fourth-order valence-corrected chi connectivity index (χ4v) is 4.42. The van der Waals surface area contributed by atoms with Gasteiger partial charge in [0.1, 0.15) is 0 Å². The summed E-state index contributed by atoms with van der Waals surface area (Å²) in [5.41, 5.74) is 0. The molecule has 0 bridgehead atoms. The van der Waals surface area contributed by atoms with Gasteiger partial charge in [-0.3, -0.25) is 0 Å². The Morgan fingerprint density at radius 3 is 2.20 bits per heavy atom. The van der Waals surface area contributed by atoms with Crippen LogP contribution in [0.15, 0.2) is 22.9 Å². The number of thiophene rings is 1. The Morgan fingerprint density at radius 1 is 1.27 bits per heavy atom. The van der Waals surface area contributed by atoms with Gasteiger partial charge < -0.3 is 0 Å². The third-order valence-electron chi connectivity index (χ3n) is 1.48. The van der Waals surface area contributed by atoms with Crippen molar-refractivity contribution in [2.75, 3.05) is 12.5 Å². The fraction of sp³-hybridized carbons (Fsp3) is 0.250. The maximum atomic E-state index is 11.4. The van der Waals surface area contributed by atoms with Crippen molar-refractivity contribution >= 4 is 35.9 Å². The van der Waals surface area contributed by atoms with Crippen molar-refractivity contribution in [3.8, 4) is 0 Å². The SMILES string of the molecule is CS(=O)(=O)/C=C(\c1cccs1)S(C)(=O)=O. The van der Waals surface area contributed by atoms with Gasteiger partial charge >= 0.3 is 0 Å². The van der Waals surface area contributed by atoms with Gasteiger partial charge in [-0.2, -0.15) is 0 Å². The van der Waals surface area contributed by atoms with Crippen LogP contribution in [0.5, 0.6) is 0 Å². The van der Waals surface area contributed by atoms with E-state index in [4.69, 9.17) is 0 Å². The molecule has 0 unspecified atom stereocenters. The maximum absolute atomic E-state index is 11.4. The van der Waals surface area contributed by atoms with E-state index in [9.17, 15) is 16.8 Å². The minimum atomic E-state index is -3.53. The number of hydrogen-bond donors (Lipinski definition) is 0. The quantitative estimate of drug-likeness (QED) is 0.822. The molecule has 0 saturated carbocycles. The Morgan fingerprint density at radius 2 is 1.87 bits per heavy atom. The Hall–Kier alpha value is -0.660. The van der Waals surface area contributed by atoms with Crippen molar-refractivity contribution in [2.45, 2.75) is 0 Å². The second-order valence-electron chi connectivity index (χ2n) is 3.06. The molecule has 0 aliphatic carbocycles. The zero-order valence-electron chi connectivity index (χ0n) is 8.17. The van der Waals surface area contributed by atoms with Crippen molar-refractivity contribution in [3.63, 3.8) is 0 Å². The summed E-state index contributed by atoms with van der Waals surface area (Å²) in [6.45, 7) is 0. The van der Waals surface area contributed by atoms with E-state index in [1.54, 1.807) is 17.5 Å². The van der Waals surface area contributed by atoms with E-state index >= 15 is 0 Å². The first-order valence-corrected chi connectivity index (χ1v) is 8.58. The summed E-state index contributed by atoms with van der Waals surface area (Å²) in [6.07, 6.45) is 1.95. The Labute approximate surface area is 93.1 Å². The minimum Gasteiger partial charge on any atom is -0.225 e. The Kier molecular flexibility index (Phi) is 3.37. The molecule has 7 heteroatoms. The molecule has 0 saturated heterocycles. The molecule has 0 aliphatic heterocycles. The van der Waals surface area contributed by atoms with Crippen LogP contribution >= 0.6 is 11.3 Å². The summed E-state index contributed by atoms with van der Waals surface area (Å²) in [5, 5.41) is 2.48. The summed E-state index contributed by atoms with van der Waals surface area (Å²) in [5.74, 6) is 0. The molecule has 1 heterocycles. The highest BCUT2D eigenvalue weighted by Crippen LogP contribution is 2.25. The van der Waals surface area contributed by atoms with E-state index in [1.165, 1.54) is 11.3 Å². The van der Waals surface area contributed by atoms with Crippen LogP contribution in [0.1, 0.15) is 4.88 Å². The standard InChI is InChI=1S/C8H10O4S3/c1-14(9,10)6-8(15(2,11)12)7-4-3-5-13-7/h3-6H,1-2H3/b8-6+. The molecule has 0 amide bonds. The van der Waals surface area contributed by atoms with Crippen LogP contribution in [-0.4, -0.2) is 29.3 Å². The highest BCUT2D eigenvalue weighted by Gasteiger charge is 2.17. The zero-order chi connectivity index (χ0) is 11.7. The van der Waals surface area contributed by atoms with E-state index in [1.807, 2.05) is 0 Å². The normalized spacial score (nSPS) is 14.1. The predicted octanol–water partition coefficient (Wildman–Crippen LogP) is 1.14. The molecule has 0 aliphatic rings. The lowest BCUT2D eigenvalue weighted by Crippen LogP contribution is -2.02. The lowest BCUT2D eigenvalue weighted by molar-refractivity contribution is 0.607. The van der Waals surface area contributed by atoms with Crippen LogP contribution in [-0.2, 0) is 19.7 Å². The number of sulfone groups is 2. The maximum Gasteiger partial charge on any atom is 0.177 e. The van der Waals surface area contributed by atoms with Gasteiger partial charge in [-0.25, -0.2) is 16.8 Å². The van der Waals surface area contributed by atoms with E-state index < -0.39 is 19.7 Å². The molecule has 1 aromatic rings. The van der Waals surface area contributed by atoms with Gasteiger partial charge in [0.2, 0.25) is 0 Å². The summed E-state index contributed by atoms with van der Waals surface area (Å²) < 4.78 is 44.9. The predicted molar refractivity (Wildman–Crippen MR) is 62.0 cm³/mol. The summed E-state index contributed by atoms with van der Waals surface area (Å²) in [4.78, 5) is 0.280. The number of hydrogen-bond acceptors (Lipinski definition) is 5. The average molecular weight is 266 g/mol. The van der Waals surface area contributed by atoms with E-state index in [0.717, 1.165) is 17.9 Å². The summed E-state index contributed by atoms with van der Waals surface area (Å²) >= 11 is 1.19. The largest absolute Gasteiger partial charge is 0.225 e. The van der Waals surface area contributed by atoms with Crippen LogP contribution in [0.2, 0.25) is 0 Å². The molecular weight excluding hydrogens is 256 g/mol. The van der Waals surface area contributed by atoms with Crippen molar-refractivity contribution < 1.29 is 16.8 Å². The molecule has 15 heavy (non-hydrogen) atoms. The fourth-order valence-electron chi connectivity index (χ4n) is 0.941. The van der Waals surface area contributed by atoms with Crippen LogP contribution in [0, 0.1) is 0 Å². The average Bonchev–Trinajstić information content (AvgIpc) is 2.47. The van der Waals surface area contributed by atoms with Gasteiger partial charge in [-0.1, -0.05) is 6.07 Å². The van der Waals surface area contributed by atoms with Crippen LogP contribution in [0.4, 0.5) is 0 Å².